The van der Waals surface area contributed by atoms with Gasteiger partial charge in [-0.25, -0.2) is 4.39 Å². The molecule has 0 aliphatic heterocycles. The number of nitriles is 3. The van der Waals surface area contributed by atoms with Gasteiger partial charge in [0.05, 0.1) is 6.10 Å². The number of ether oxygens (including phenoxy) is 1. The molecule has 0 spiro atoms. The second-order valence-corrected chi connectivity index (χ2v) is 4.88. The topological polar surface area (TPSA) is 92.6 Å². The van der Waals surface area contributed by atoms with E-state index in [0.717, 1.165) is 25.7 Å². The van der Waals surface area contributed by atoms with Crippen LogP contribution < -0.4 is 10.1 Å². The third-order valence-corrected chi connectivity index (χ3v) is 3.38. The molecule has 1 saturated carbocycles. The van der Waals surface area contributed by atoms with E-state index in [4.69, 9.17) is 20.5 Å². The second-order valence-electron chi connectivity index (χ2n) is 4.88. The average molecular weight is 296 g/mol. The molecule has 0 heterocycles. The minimum atomic E-state index is -0.551. The van der Waals surface area contributed by atoms with Gasteiger partial charge in [0.1, 0.15) is 23.9 Å². The summed E-state index contributed by atoms with van der Waals surface area (Å²) >= 11 is 0. The highest BCUT2D eigenvalue weighted by atomic mass is 19.1. The Hall–Kier alpha value is -3.04. The number of anilines is 1. The number of halogens is 1. The maximum Gasteiger partial charge on any atom is 0.167 e. The van der Waals surface area contributed by atoms with Gasteiger partial charge in [-0.1, -0.05) is 0 Å². The van der Waals surface area contributed by atoms with Crippen LogP contribution in [0.4, 0.5) is 10.1 Å². The van der Waals surface area contributed by atoms with Crippen LogP contribution in [0.25, 0.3) is 0 Å². The van der Waals surface area contributed by atoms with Crippen molar-refractivity contribution in [2.24, 2.45) is 0 Å². The lowest BCUT2D eigenvalue weighted by molar-refractivity contribution is 0.201. The van der Waals surface area contributed by atoms with Crippen molar-refractivity contribution < 1.29 is 9.13 Å². The molecule has 0 bridgehead atoms. The van der Waals surface area contributed by atoms with Crippen LogP contribution in [0, 0.1) is 39.8 Å². The van der Waals surface area contributed by atoms with Crippen LogP contribution in [0.2, 0.25) is 0 Å². The van der Waals surface area contributed by atoms with Crippen molar-refractivity contribution in [3.05, 3.63) is 35.3 Å². The van der Waals surface area contributed by atoms with E-state index in [1.165, 1.54) is 18.2 Å². The first kappa shape index (κ1) is 15.4. The number of nitrogens with one attached hydrogen (secondary N) is 1. The standard InChI is InChI=1S/C16H13FN4O/c17-14-7-12(21-15(10-20)11(8-18)9-19)5-6-16(14)22-13-3-1-2-4-13/h5-7,13,21H,1-4H2. The molecule has 0 radical (unpaired) electrons. The van der Waals surface area contributed by atoms with Gasteiger partial charge in [-0.2, -0.15) is 15.8 Å². The highest BCUT2D eigenvalue weighted by Gasteiger charge is 2.18. The third-order valence-electron chi connectivity index (χ3n) is 3.38. The van der Waals surface area contributed by atoms with Gasteiger partial charge in [-0.15, -0.1) is 0 Å². The SMILES string of the molecule is N#CC(C#N)=C(C#N)Nc1ccc(OC2CCCC2)c(F)c1. The summed E-state index contributed by atoms with van der Waals surface area (Å²) in [4.78, 5) is 0. The summed E-state index contributed by atoms with van der Waals surface area (Å²) in [6.07, 6.45) is 4.08. The van der Waals surface area contributed by atoms with E-state index >= 15 is 0 Å². The minimum absolute atomic E-state index is 0.0478. The third kappa shape index (κ3) is 3.53. The maximum absolute atomic E-state index is 14.0. The number of benzene rings is 1. The van der Waals surface area contributed by atoms with E-state index in [1.807, 2.05) is 0 Å². The van der Waals surface area contributed by atoms with Gasteiger partial charge < -0.3 is 10.1 Å². The summed E-state index contributed by atoms with van der Waals surface area (Å²) in [6.45, 7) is 0. The quantitative estimate of drug-likeness (QED) is 0.860. The summed E-state index contributed by atoms with van der Waals surface area (Å²) in [6, 6.07) is 9.13. The van der Waals surface area contributed by atoms with Gasteiger partial charge in [-0.05, 0) is 37.8 Å². The van der Waals surface area contributed by atoms with E-state index < -0.39 is 5.82 Å². The Kier molecular flexibility index (Phi) is 4.96. The summed E-state index contributed by atoms with van der Waals surface area (Å²) < 4.78 is 19.6. The fourth-order valence-corrected chi connectivity index (χ4v) is 2.29. The van der Waals surface area contributed by atoms with Crippen molar-refractivity contribution in [1.82, 2.24) is 0 Å². The predicted molar refractivity (Wildman–Crippen MR) is 76.8 cm³/mol. The zero-order valence-corrected chi connectivity index (χ0v) is 11.8. The molecule has 0 atom stereocenters. The molecule has 110 valence electrons. The first-order chi connectivity index (χ1) is 10.7. The Balaban J connectivity index is 2.16. The molecule has 1 N–H and O–H groups in total. The molecule has 5 nitrogen and oxygen atoms in total. The normalized spacial score (nSPS) is 13.5. The van der Waals surface area contributed by atoms with Crippen LogP contribution in [0.5, 0.6) is 5.75 Å². The lowest BCUT2D eigenvalue weighted by Gasteiger charge is -2.14. The highest BCUT2D eigenvalue weighted by molar-refractivity contribution is 5.59. The van der Waals surface area contributed by atoms with Crippen molar-refractivity contribution >= 4 is 5.69 Å². The number of allylic oxidation sites excluding steroid dienone is 2. The minimum Gasteiger partial charge on any atom is -0.487 e. The van der Waals surface area contributed by atoms with E-state index in [9.17, 15) is 4.39 Å². The molecule has 22 heavy (non-hydrogen) atoms. The van der Waals surface area contributed by atoms with Crippen LogP contribution in [0.15, 0.2) is 29.5 Å². The van der Waals surface area contributed by atoms with Crippen molar-refractivity contribution in [1.29, 1.82) is 15.8 Å². The fraction of sp³-hybridized carbons (Fsp3) is 0.312. The molecule has 1 aliphatic carbocycles. The maximum atomic E-state index is 14.0. The number of hydrogen-bond acceptors (Lipinski definition) is 5. The zero-order chi connectivity index (χ0) is 15.9. The molecule has 2 rings (SSSR count). The first-order valence-corrected chi connectivity index (χ1v) is 6.85. The Morgan fingerprint density at radius 3 is 2.36 bits per heavy atom. The molecule has 0 aromatic heterocycles. The van der Waals surface area contributed by atoms with E-state index in [-0.39, 0.29) is 28.8 Å². The average Bonchev–Trinajstić information content (AvgIpc) is 3.03. The van der Waals surface area contributed by atoms with Gasteiger partial charge >= 0.3 is 0 Å². The smallest absolute Gasteiger partial charge is 0.167 e. The van der Waals surface area contributed by atoms with Crippen molar-refractivity contribution in [3.8, 4) is 24.0 Å². The summed E-state index contributed by atoms with van der Waals surface area (Å²) in [5, 5.41) is 29.0. The van der Waals surface area contributed by atoms with Gasteiger partial charge in [0.25, 0.3) is 0 Å². The van der Waals surface area contributed by atoms with Crippen LogP contribution >= 0.6 is 0 Å². The fourth-order valence-electron chi connectivity index (χ4n) is 2.29. The first-order valence-electron chi connectivity index (χ1n) is 6.85. The molecular weight excluding hydrogens is 283 g/mol. The van der Waals surface area contributed by atoms with E-state index in [0.29, 0.717) is 0 Å². The lowest BCUT2D eigenvalue weighted by Crippen LogP contribution is -2.12. The van der Waals surface area contributed by atoms with Crippen molar-refractivity contribution in [2.45, 2.75) is 31.8 Å². The zero-order valence-electron chi connectivity index (χ0n) is 11.8. The molecule has 1 aliphatic rings. The van der Waals surface area contributed by atoms with Crippen LogP contribution in [-0.2, 0) is 0 Å². The van der Waals surface area contributed by atoms with Gasteiger partial charge in [-0.3, -0.25) is 0 Å². The van der Waals surface area contributed by atoms with Gasteiger partial charge in [0, 0.05) is 11.8 Å². The summed E-state index contributed by atoms with van der Waals surface area (Å²) in [5.74, 6) is -0.384. The monoisotopic (exact) mass is 296 g/mol. The van der Waals surface area contributed by atoms with Gasteiger partial charge in [0.2, 0.25) is 0 Å². The lowest BCUT2D eigenvalue weighted by atomic mass is 10.2. The molecule has 1 fully saturated rings. The Bertz CT molecular complexity index is 699. The van der Waals surface area contributed by atoms with Gasteiger partial charge in [0.15, 0.2) is 17.1 Å². The van der Waals surface area contributed by atoms with Crippen LogP contribution in [-0.4, -0.2) is 6.10 Å². The molecular formula is C16H13FN4O. The van der Waals surface area contributed by atoms with Crippen LogP contribution in [0.3, 0.4) is 0 Å². The Morgan fingerprint density at radius 1 is 1.14 bits per heavy atom. The predicted octanol–water partition coefficient (Wildman–Crippen LogP) is 3.38. The molecule has 1 aromatic rings. The number of rotatable bonds is 4. The second kappa shape index (κ2) is 7.11. The summed E-state index contributed by atoms with van der Waals surface area (Å²) in [5.41, 5.74) is -0.293. The summed E-state index contributed by atoms with van der Waals surface area (Å²) in [7, 11) is 0. The van der Waals surface area contributed by atoms with E-state index in [1.54, 1.807) is 18.2 Å². The molecule has 6 heteroatoms. The molecule has 0 saturated heterocycles. The van der Waals surface area contributed by atoms with Crippen molar-refractivity contribution in [2.75, 3.05) is 5.32 Å². The Morgan fingerprint density at radius 2 is 1.82 bits per heavy atom. The molecule has 0 amide bonds. The van der Waals surface area contributed by atoms with E-state index in [2.05, 4.69) is 5.32 Å². The largest absolute Gasteiger partial charge is 0.487 e. The number of hydrogen-bond donors (Lipinski definition) is 1. The Labute approximate surface area is 127 Å². The molecule has 1 aromatic carbocycles. The number of nitrogens with zero attached hydrogens (tertiary/aromatic N) is 3. The van der Waals surface area contributed by atoms with Crippen molar-refractivity contribution in [3.63, 3.8) is 0 Å². The highest BCUT2D eigenvalue weighted by Crippen LogP contribution is 2.28. The van der Waals surface area contributed by atoms with Crippen LogP contribution in [0.1, 0.15) is 25.7 Å². The molecule has 0 unspecified atom stereocenters.